The third kappa shape index (κ3) is 7.37. The number of rotatable bonds is 10. The summed E-state index contributed by atoms with van der Waals surface area (Å²) in [6, 6.07) is 13.6. The molecule has 2 N–H and O–H groups in total. The Bertz CT molecular complexity index is 807. The molecule has 0 fully saturated rings. The lowest BCUT2D eigenvalue weighted by Crippen LogP contribution is -2.48. The van der Waals surface area contributed by atoms with Crippen LogP contribution in [0, 0.1) is 0 Å². The first-order chi connectivity index (χ1) is 13.5. The van der Waals surface area contributed by atoms with E-state index < -0.39 is 6.04 Å². The summed E-state index contributed by atoms with van der Waals surface area (Å²) in [5, 5.41) is 5.95. The van der Waals surface area contributed by atoms with E-state index in [-0.39, 0.29) is 11.8 Å². The van der Waals surface area contributed by atoms with Gasteiger partial charge >= 0.3 is 0 Å². The van der Waals surface area contributed by atoms with Gasteiger partial charge in [0.15, 0.2) is 0 Å². The van der Waals surface area contributed by atoms with Crippen molar-refractivity contribution in [3.05, 3.63) is 63.6 Å². The molecule has 28 heavy (non-hydrogen) atoms. The van der Waals surface area contributed by atoms with Crippen LogP contribution in [-0.2, 0) is 4.79 Å². The van der Waals surface area contributed by atoms with E-state index >= 15 is 0 Å². The van der Waals surface area contributed by atoms with Crippen LogP contribution in [0.2, 0.25) is 5.02 Å². The number of thioether (sulfide) groups is 1. The lowest BCUT2D eigenvalue weighted by atomic mass is 10.1. The zero-order valence-corrected chi connectivity index (χ0v) is 18.6. The number of carbonyl (C=O) groups excluding carboxylic acids is 2. The second-order valence-electron chi connectivity index (χ2n) is 5.88. The molecule has 0 aliphatic rings. The summed E-state index contributed by atoms with van der Waals surface area (Å²) in [6.07, 6.45) is 2.48. The number of carbonyl (C=O) groups is 2. The number of benzene rings is 2. The van der Waals surface area contributed by atoms with E-state index in [2.05, 4.69) is 26.6 Å². The van der Waals surface area contributed by atoms with E-state index in [1.165, 1.54) is 0 Å². The molecule has 0 saturated carbocycles. The molecule has 0 aliphatic carbocycles. The van der Waals surface area contributed by atoms with Crippen molar-refractivity contribution >= 4 is 51.1 Å². The second-order valence-corrected chi connectivity index (χ2v) is 8.19. The van der Waals surface area contributed by atoms with Crippen LogP contribution in [-0.4, -0.2) is 43.0 Å². The number of hydrogen-bond donors (Lipinski definition) is 2. The van der Waals surface area contributed by atoms with Crippen LogP contribution in [0.3, 0.4) is 0 Å². The Morgan fingerprint density at radius 2 is 2.00 bits per heavy atom. The molecule has 1 atom stereocenters. The van der Waals surface area contributed by atoms with Crippen LogP contribution in [0.5, 0.6) is 5.75 Å². The average molecular weight is 486 g/mol. The predicted molar refractivity (Wildman–Crippen MR) is 118 cm³/mol. The summed E-state index contributed by atoms with van der Waals surface area (Å²) in [5.74, 6) is 0.856. The van der Waals surface area contributed by atoms with Gasteiger partial charge in [-0.2, -0.15) is 11.8 Å². The van der Waals surface area contributed by atoms with Gasteiger partial charge in [0.05, 0.1) is 17.1 Å². The third-order valence-corrected chi connectivity index (χ3v) is 5.28. The van der Waals surface area contributed by atoms with Gasteiger partial charge in [-0.15, -0.1) is 0 Å². The van der Waals surface area contributed by atoms with Gasteiger partial charge in [-0.3, -0.25) is 9.59 Å². The molecule has 1 unspecified atom stereocenters. The molecule has 0 bridgehead atoms. The zero-order chi connectivity index (χ0) is 20.4. The molecule has 2 aromatic rings. The fourth-order valence-electron chi connectivity index (χ4n) is 2.41. The van der Waals surface area contributed by atoms with E-state index in [1.54, 1.807) is 36.0 Å². The first-order valence-corrected chi connectivity index (χ1v) is 11.3. The summed E-state index contributed by atoms with van der Waals surface area (Å²) in [7, 11) is 0. The second kappa shape index (κ2) is 12.0. The van der Waals surface area contributed by atoms with Crippen LogP contribution in [0.15, 0.2) is 53.0 Å². The quantitative estimate of drug-likeness (QED) is 0.496. The van der Waals surface area contributed by atoms with E-state index in [4.69, 9.17) is 16.3 Å². The molecular formula is C20H22BrClN2O3S. The van der Waals surface area contributed by atoms with E-state index in [0.29, 0.717) is 30.2 Å². The minimum Gasteiger partial charge on any atom is -0.492 e. The van der Waals surface area contributed by atoms with Crippen molar-refractivity contribution in [2.75, 3.05) is 25.2 Å². The minimum absolute atomic E-state index is 0.243. The average Bonchev–Trinajstić information content (AvgIpc) is 2.68. The minimum atomic E-state index is -0.637. The molecule has 2 amide bonds. The number of amides is 2. The molecule has 150 valence electrons. The zero-order valence-electron chi connectivity index (χ0n) is 15.4. The summed E-state index contributed by atoms with van der Waals surface area (Å²) < 4.78 is 6.54. The van der Waals surface area contributed by atoms with Crippen molar-refractivity contribution in [2.45, 2.75) is 12.5 Å². The molecular weight excluding hydrogens is 464 g/mol. The number of nitrogens with one attached hydrogen (secondary N) is 2. The maximum absolute atomic E-state index is 12.5. The standard InChI is InChI=1S/C20H22BrClN2O3S/c1-28-12-9-18(24-19(25)16-7-2-3-8-17(16)22)20(26)23-10-11-27-15-6-4-5-14(21)13-15/h2-8,13,18H,9-12H2,1H3,(H,23,26)(H,24,25). The van der Waals surface area contributed by atoms with Crippen LogP contribution in [0.1, 0.15) is 16.8 Å². The van der Waals surface area contributed by atoms with Crippen molar-refractivity contribution in [2.24, 2.45) is 0 Å². The van der Waals surface area contributed by atoms with Crippen molar-refractivity contribution in [1.29, 1.82) is 0 Å². The molecule has 2 rings (SSSR count). The monoisotopic (exact) mass is 484 g/mol. The fraction of sp³-hybridized carbons (Fsp3) is 0.300. The summed E-state index contributed by atoms with van der Waals surface area (Å²) in [6.45, 7) is 0.666. The summed E-state index contributed by atoms with van der Waals surface area (Å²) in [5.41, 5.74) is 0.351. The van der Waals surface area contributed by atoms with Crippen molar-refractivity contribution < 1.29 is 14.3 Å². The smallest absolute Gasteiger partial charge is 0.253 e. The Labute approximate surface area is 182 Å². The number of hydrogen-bond acceptors (Lipinski definition) is 4. The Morgan fingerprint density at radius 3 is 2.71 bits per heavy atom. The molecule has 0 saturated heterocycles. The molecule has 5 nitrogen and oxygen atoms in total. The topological polar surface area (TPSA) is 67.4 Å². The Hall–Kier alpha value is -1.70. The largest absolute Gasteiger partial charge is 0.492 e. The molecule has 0 heterocycles. The van der Waals surface area contributed by atoms with Crippen LogP contribution in [0.4, 0.5) is 0 Å². The fourth-order valence-corrected chi connectivity index (χ4v) is 3.48. The van der Waals surface area contributed by atoms with Gasteiger partial charge in [-0.25, -0.2) is 0 Å². The predicted octanol–water partition coefficient (Wildman–Crippen LogP) is 4.15. The van der Waals surface area contributed by atoms with E-state index in [9.17, 15) is 9.59 Å². The lowest BCUT2D eigenvalue weighted by Gasteiger charge is -2.18. The highest BCUT2D eigenvalue weighted by Crippen LogP contribution is 2.17. The summed E-state index contributed by atoms with van der Waals surface area (Å²) >= 11 is 11.1. The molecule has 0 spiro atoms. The van der Waals surface area contributed by atoms with Crippen molar-refractivity contribution in [3.8, 4) is 5.75 Å². The van der Waals surface area contributed by atoms with Crippen LogP contribution in [0.25, 0.3) is 0 Å². The lowest BCUT2D eigenvalue weighted by molar-refractivity contribution is -0.123. The van der Waals surface area contributed by atoms with Crippen LogP contribution < -0.4 is 15.4 Å². The highest BCUT2D eigenvalue weighted by molar-refractivity contribution is 9.10. The van der Waals surface area contributed by atoms with Gasteiger partial charge in [0.2, 0.25) is 5.91 Å². The van der Waals surface area contributed by atoms with Gasteiger partial charge in [0, 0.05) is 4.47 Å². The first kappa shape index (κ1) is 22.6. The van der Waals surface area contributed by atoms with Crippen LogP contribution >= 0.6 is 39.3 Å². The summed E-state index contributed by atoms with van der Waals surface area (Å²) in [4.78, 5) is 25.0. The Morgan fingerprint density at radius 1 is 1.21 bits per heavy atom. The SMILES string of the molecule is CSCCC(NC(=O)c1ccccc1Cl)C(=O)NCCOc1cccc(Br)c1. The molecule has 0 aliphatic heterocycles. The van der Waals surface area contributed by atoms with Crippen molar-refractivity contribution in [1.82, 2.24) is 10.6 Å². The Balaban J connectivity index is 1.87. The number of halogens is 2. The van der Waals surface area contributed by atoms with Gasteiger partial charge in [-0.05, 0) is 48.8 Å². The van der Waals surface area contributed by atoms with E-state index in [0.717, 1.165) is 16.0 Å². The van der Waals surface area contributed by atoms with Gasteiger partial charge in [0.1, 0.15) is 18.4 Å². The normalized spacial score (nSPS) is 11.5. The molecule has 0 radical (unpaired) electrons. The van der Waals surface area contributed by atoms with E-state index in [1.807, 2.05) is 30.5 Å². The highest BCUT2D eigenvalue weighted by Gasteiger charge is 2.21. The third-order valence-electron chi connectivity index (χ3n) is 3.82. The Kier molecular flexibility index (Phi) is 9.67. The maximum Gasteiger partial charge on any atom is 0.253 e. The van der Waals surface area contributed by atoms with Gasteiger partial charge in [-0.1, -0.05) is 45.7 Å². The molecule has 0 aromatic heterocycles. The maximum atomic E-state index is 12.5. The molecule has 8 heteroatoms. The van der Waals surface area contributed by atoms with Gasteiger partial charge in [0.25, 0.3) is 5.91 Å². The highest BCUT2D eigenvalue weighted by atomic mass is 79.9. The first-order valence-electron chi connectivity index (χ1n) is 8.71. The molecule has 2 aromatic carbocycles. The number of ether oxygens (including phenoxy) is 1. The van der Waals surface area contributed by atoms with Gasteiger partial charge < -0.3 is 15.4 Å². The van der Waals surface area contributed by atoms with Crippen molar-refractivity contribution in [3.63, 3.8) is 0 Å².